The Bertz CT molecular complexity index is 1050. The Morgan fingerprint density at radius 3 is 2.21 bits per heavy atom. The average molecular weight is 449 g/mol. The maximum atomic E-state index is 12.8. The first-order chi connectivity index (χ1) is 15.9. The van der Waals surface area contributed by atoms with Crippen LogP contribution in [0.5, 0.6) is 11.5 Å². The largest absolute Gasteiger partial charge is 0.511 e. The molecule has 0 spiro atoms. The Hall–Kier alpha value is -3.05. The van der Waals surface area contributed by atoms with E-state index in [1.54, 1.807) is 0 Å². The predicted octanol–water partition coefficient (Wildman–Crippen LogP) is 6.37. The number of para-hydroxylation sites is 1. The second kappa shape index (κ2) is 9.44. The molecule has 0 heterocycles. The number of allylic oxidation sites excluding steroid dienone is 2. The highest BCUT2D eigenvalue weighted by atomic mass is 16.5. The van der Waals surface area contributed by atoms with Crippen LogP contribution < -0.4 is 4.74 Å². The van der Waals surface area contributed by atoms with Crippen LogP contribution >= 0.6 is 0 Å². The quantitative estimate of drug-likeness (QED) is 0.409. The first kappa shape index (κ1) is 23.1. The Kier molecular flexibility index (Phi) is 6.61. The molecule has 3 N–H and O–H groups in total. The summed E-state index contributed by atoms with van der Waals surface area (Å²) in [4.78, 5) is 12.8. The molecule has 2 aromatic rings. The summed E-state index contributed by atoms with van der Waals surface area (Å²) in [6.07, 6.45) is 3.19. The van der Waals surface area contributed by atoms with Crippen molar-refractivity contribution in [2.24, 2.45) is 11.3 Å². The van der Waals surface area contributed by atoms with Gasteiger partial charge in [-0.2, -0.15) is 0 Å². The van der Waals surface area contributed by atoms with Gasteiger partial charge in [-0.05, 0) is 55.0 Å². The fourth-order valence-corrected chi connectivity index (χ4v) is 5.18. The molecule has 3 atom stereocenters. The van der Waals surface area contributed by atoms with E-state index in [0.29, 0.717) is 12.8 Å². The van der Waals surface area contributed by atoms with Crippen molar-refractivity contribution in [1.82, 2.24) is 0 Å². The maximum Gasteiger partial charge on any atom is 0.168 e. The van der Waals surface area contributed by atoms with Crippen molar-refractivity contribution in [3.05, 3.63) is 83.3 Å². The van der Waals surface area contributed by atoms with E-state index < -0.39 is 11.5 Å². The summed E-state index contributed by atoms with van der Waals surface area (Å²) < 4.78 is 5.85. The number of rotatable bonds is 8. The molecular weight excluding hydrogens is 416 g/mol. The number of ether oxygens (including phenoxy) is 1. The van der Waals surface area contributed by atoms with Crippen LogP contribution in [-0.4, -0.2) is 27.2 Å². The summed E-state index contributed by atoms with van der Waals surface area (Å²) in [5, 5.41) is 32.8. The molecule has 1 saturated carbocycles. The van der Waals surface area contributed by atoms with Gasteiger partial charge in [0.05, 0.1) is 17.1 Å². The molecule has 2 aliphatic rings. The van der Waals surface area contributed by atoms with Crippen LogP contribution in [0, 0.1) is 11.3 Å². The van der Waals surface area contributed by atoms with E-state index in [9.17, 15) is 20.1 Å². The summed E-state index contributed by atoms with van der Waals surface area (Å²) in [5.41, 5.74) is 0.193. The van der Waals surface area contributed by atoms with Gasteiger partial charge >= 0.3 is 0 Å². The third-order valence-electron chi connectivity index (χ3n) is 6.93. The fraction of sp³-hybridized carbons (Fsp3) is 0.393. The molecule has 5 nitrogen and oxygen atoms in total. The number of aliphatic hydroxyl groups excluding tert-OH is 3. The second-order valence-electron chi connectivity index (χ2n) is 9.18. The van der Waals surface area contributed by atoms with E-state index in [4.69, 9.17) is 4.74 Å². The Morgan fingerprint density at radius 1 is 1.00 bits per heavy atom. The Labute approximate surface area is 195 Å². The molecule has 2 aliphatic carbocycles. The van der Waals surface area contributed by atoms with Crippen LogP contribution in [0.1, 0.15) is 57.4 Å². The lowest BCUT2D eigenvalue weighted by Gasteiger charge is -2.40. The first-order valence-corrected chi connectivity index (χ1v) is 11.8. The molecule has 0 amide bonds. The van der Waals surface area contributed by atoms with E-state index >= 15 is 0 Å². The number of hydrogen-bond acceptors (Lipinski definition) is 5. The summed E-state index contributed by atoms with van der Waals surface area (Å²) in [6, 6.07) is 17.3. The summed E-state index contributed by atoms with van der Waals surface area (Å²) in [7, 11) is 0. The lowest BCUT2D eigenvalue weighted by atomic mass is 9.65. The second-order valence-corrected chi connectivity index (χ2v) is 9.18. The molecule has 33 heavy (non-hydrogen) atoms. The van der Waals surface area contributed by atoms with E-state index in [2.05, 4.69) is 0 Å². The van der Waals surface area contributed by atoms with Gasteiger partial charge in [0.25, 0.3) is 0 Å². The van der Waals surface area contributed by atoms with Crippen LogP contribution in [0.3, 0.4) is 0 Å². The molecule has 2 aromatic carbocycles. The van der Waals surface area contributed by atoms with Crippen molar-refractivity contribution in [3.8, 4) is 11.5 Å². The van der Waals surface area contributed by atoms with Crippen LogP contribution in [-0.2, 0) is 4.79 Å². The molecule has 4 rings (SSSR count). The van der Waals surface area contributed by atoms with Crippen molar-refractivity contribution in [1.29, 1.82) is 0 Å². The minimum absolute atomic E-state index is 0.00468. The average Bonchev–Trinajstić information content (AvgIpc) is 3.60. The number of aliphatic hydroxyl groups is 3. The molecule has 3 unspecified atom stereocenters. The summed E-state index contributed by atoms with van der Waals surface area (Å²) in [6.45, 7) is 3.95. The molecule has 0 radical (unpaired) electrons. The standard InChI is InChI=1S/C28H32O5/c1-3-14-28(15-4-2)24(30)17-23(29)25(27(28)32)26(31)22-16-21(22)18-10-12-20(13-11-18)33-19-8-6-5-7-9-19/h5-13,17,21-22,27,29,31-32H,3-4,14-16H2,1-2H3. The fourth-order valence-electron chi connectivity index (χ4n) is 5.18. The molecule has 0 aromatic heterocycles. The van der Waals surface area contributed by atoms with Gasteiger partial charge in [-0.25, -0.2) is 0 Å². The molecular formula is C28H32O5. The molecule has 0 saturated heterocycles. The van der Waals surface area contributed by atoms with Gasteiger partial charge in [-0.3, -0.25) is 4.79 Å². The van der Waals surface area contributed by atoms with Gasteiger partial charge in [-0.15, -0.1) is 0 Å². The van der Waals surface area contributed by atoms with Gasteiger partial charge < -0.3 is 20.1 Å². The van der Waals surface area contributed by atoms with Gasteiger partial charge in [-0.1, -0.05) is 57.0 Å². The van der Waals surface area contributed by atoms with E-state index in [1.165, 1.54) is 6.08 Å². The summed E-state index contributed by atoms with van der Waals surface area (Å²) >= 11 is 0. The van der Waals surface area contributed by atoms with Crippen molar-refractivity contribution in [3.63, 3.8) is 0 Å². The number of carbonyl (C=O) groups excluding carboxylic acids is 1. The highest BCUT2D eigenvalue weighted by Crippen LogP contribution is 2.54. The van der Waals surface area contributed by atoms with E-state index in [-0.39, 0.29) is 34.7 Å². The number of ketones is 1. The van der Waals surface area contributed by atoms with Gasteiger partial charge in [0.15, 0.2) is 5.78 Å². The van der Waals surface area contributed by atoms with Gasteiger partial charge in [0, 0.05) is 12.0 Å². The van der Waals surface area contributed by atoms with E-state index in [0.717, 1.165) is 36.3 Å². The molecule has 0 bridgehead atoms. The normalized spacial score (nSPS) is 25.4. The van der Waals surface area contributed by atoms with Crippen LogP contribution in [0.15, 0.2) is 77.8 Å². The van der Waals surface area contributed by atoms with Crippen molar-refractivity contribution >= 4 is 5.78 Å². The first-order valence-electron chi connectivity index (χ1n) is 11.8. The number of benzene rings is 2. The predicted molar refractivity (Wildman–Crippen MR) is 127 cm³/mol. The Morgan fingerprint density at radius 2 is 1.61 bits per heavy atom. The monoisotopic (exact) mass is 448 g/mol. The van der Waals surface area contributed by atoms with Crippen LogP contribution in [0.25, 0.3) is 0 Å². The zero-order valence-corrected chi connectivity index (χ0v) is 19.2. The van der Waals surface area contributed by atoms with Gasteiger partial charge in [0.2, 0.25) is 0 Å². The summed E-state index contributed by atoms with van der Waals surface area (Å²) in [5.74, 6) is 0.820. The Balaban J connectivity index is 1.54. The molecule has 1 fully saturated rings. The number of hydrogen-bond donors (Lipinski definition) is 3. The minimum Gasteiger partial charge on any atom is -0.511 e. The van der Waals surface area contributed by atoms with Crippen molar-refractivity contribution in [2.75, 3.05) is 0 Å². The minimum atomic E-state index is -1.21. The lowest BCUT2D eigenvalue weighted by molar-refractivity contribution is -0.132. The molecule has 0 aliphatic heterocycles. The third-order valence-corrected chi connectivity index (χ3v) is 6.93. The molecule has 174 valence electrons. The zero-order valence-electron chi connectivity index (χ0n) is 19.2. The topological polar surface area (TPSA) is 87.0 Å². The SMILES string of the molecule is CCCC1(CCC)C(=O)C=C(O)C(=C(O)C2CC2c2ccc(Oc3ccccc3)cc2)C1O. The van der Waals surface area contributed by atoms with Crippen LogP contribution in [0.4, 0.5) is 0 Å². The zero-order chi connectivity index (χ0) is 23.6. The van der Waals surface area contributed by atoms with Crippen molar-refractivity contribution in [2.45, 2.75) is 58.0 Å². The van der Waals surface area contributed by atoms with Gasteiger partial charge in [0.1, 0.15) is 23.0 Å². The number of carbonyl (C=O) groups is 1. The highest BCUT2D eigenvalue weighted by Gasteiger charge is 2.51. The molecule has 5 heteroatoms. The highest BCUT2D eigenvalue weighted by molar-refractivity contribution is 5.98. The third kappa shape index (κ3) is 4.42. The smallest absolute Gasteiger partial charge is 0.168 e. The lowest BCUT2D eigenvalue weighted by Crippen LogP contribution is -2.46. The van der Waals surface area contributed by atoms with Crippen molar-refractivity contribution < 1.29 is 24.9 Å². The maximum absolute atomic E-state index is 12.8. The van der Waals surface area contributed by atoms with E-state index in [1.807, 2.05) is 68.4 Å². The van der Waals surface area contributed by atoms with Crippen LogP contribution in [0.2, 0.25) is 0 Å².